The van der Waals surface area contributed by atoms with E-state index in [0.717, 1.165) is 0 Å². The van der Waals surface area contributed by atoms with Crippen LogP contribution in [0.1, 0.15) is 46.9 Å². The zero-order chi connectivity index (χ0) is 28.4. The molecule has 0 amide bonds. The van der Waals surface area contributed by atoms with E-state index in [-0.39, 0.29) is 34.4 Å². The van der Waals surface area contributed by atoms with Gasteiger partial charge in [-0.25, -0.2) is 0 Å². The van der Waals surface area contributed by atoms with Crippen molar-refractivity contribution in [1.29, 1.82) is 0 Å². The molecule has 1 aliphatic heterocycles. The molecule has 0 bridgehead atoms. The molecule has 0 spiro atoms. The molecule has 12 nitrogen and oxygen atoms in total. The summed E-state index contributed by atoms with van der Waals surface area (Å²) < 4.78 is 17.1. The number of ether oxygens (including phenoxy) is 3. The molecular formula is C27H31NO11. The highest BCUT2D eigenvalue weighted by Gasteiger charge is 2.56. The second-order valence-corrected chi connectivity index (χ2v) is 10.5. The molecule has 1 saturated heterocycles. The first-order valence-electron chi connectivity index (χ1n) is 12.7. The number of benzene rings is 1. The molecule has 3 aliphatic carbocycles. The summed E-state index contributed by atoms with van der Waals surface area (Å²) in [6.45, 7) is 0.588. The minimum Gasteiger partial charge on any atom is -0.507 e. The molecule has 1 aromatic carbocycles. The molecule has 0 radical (unpaired) electrons. The van der Waals surface area contributed by atoms with E-state index in [4.69, 9.17) is 19.9 Å². The molecule has 39 heavy (non-hydrogen) atoms. The van der Waals surface area contributed by atoms with Gasteiger partial charge < -0.3 is 45.5 Å². The molecule has 7 N–H and O–H groups in total. The molecule has 5 rings (SSSR count). The van der Waals surface area contributed by atoms with Gasteiger partial charge in [0, 0.05) is 42.4 Å². The normalized spacial score (nSPS) is 36.3. The first-order chi connectivity index (χ1) is 18.4. The van der Waals surface area contributed by atoms with Crippen molar-refractivity contribution in [3.05, 3.63) is 51.8 Å². The number of aliphatic hydroxyl groups is 5. The standard InChI is InChI=1S/C27H31NO11/c1-10-22(31)13(28)6-17(38-10)39-15-8-27(36,16(30)9-29)7-12-19(15)26(35)21-20(24(12)33)23(32)11-4-3-5-14(37-2)18(11)25(21)34/h3-5,10,13,15,17,19,22,26,29,31,33,35-36H,6-9,28H2,1-2H3. The number of carbonyl (C=O) groups is 3. The second kappa shape index (κ2) is 9.89. The summed E-state index contributed by atoms with van der Waals surface area (Å²) in [6.07, 6.45) is -6.47. The van der Waals surface area contributed by atoms with Gasteiger partial charge in [0.05, 0.1) is 42.7 Å². The lowest BCUT2D eigenvalue weighted by Gasteiger charge is -2.48. The summed E-state index contributed by atoms with van der Waals surface area (Å²) in [5.41, 5.74) is 2.89. The predicted molar refractivity (Wildman–Crippen MR) is 132 cm³/mol. The van der Waals surface area contributed by atoms with Crippen LogP contribution in [0.4, 0.5) is 0 Å². The molecule has 1 saturated carbocycles. The number of hydrogen-bond acceptors (Lipinski definition) is 12. The predicted octanol–water partition coefficient (Wildman–Crippen LogP) is -0.532. The lowest BCUT2D eigenvalue weighted by atomic mass is 9.63. The summed E-state index contributed by atoms with van der Waals surface area (Å²) in [6, 6.07) is 3.70. The van der Waals surface area contributed by atoms with Crippen LogP contribution in [-0.2, 0) is 14.3 Å². The molecule has 1 aromatic rings. The number of Topliss-reactive ketones (excluding diaryl/α,β-unsaturated/α-hetero) is 3. The van der Waals surface area contributed by atoms with Gasteiger partial charge in [-0.05, 0) is 18.6 Å². The van der Waals surface area contributed by atoms with Crippen molar-refractivity contribution in [2.75, 3.05) is 13.7 Å². The highest BCUT2D eigenvalue weighted by Crippen LogP contribution is 2.50. The van der Waals surface area contributed by atoms with Crippen LogP contribution in [0.5, 0.6) is 5.75 Å². The van der Waals surface area contributed by atoms with Crippen molar-refractivity contribution < 1.29 is 54.1 Å². The Balaban J connectivity index is 1.61. The maximum atomic E-state index is 13.7. The molecule has 4 aliphatic rings. The first-order valence-corrected chi connectivity index (χ1v) is 12.7. The third kappa shape index (κ3) is 4.23. The number of hydrogen-bond donors (Lipinski definition) is 6. The third-order valence-corrected chi connectivity index (χ3v) is 8.20. The van der Waals surface area contributed by atoms with Gasteiger partial charge in [-0.15, -0.1) is 0 Å². The summed E-state index contributed by atoms with van der Waals surface area (Å²) in [7, 11) is 1.33. The van der Waals surface area contributed by atoms with Gasteiger partial charge in [-0.1, -0.05) is 12.1 Å². The molecule has 210 valence electrons. The Kier molecular flexibility index (Phi) is 7.00. The number of carbonyl (C=O) groups excluding carboxylic acids is 3. The zero-order valence-corrected chi connectivity index (χ0v) is 21.4. The quantitative estimate of drug-likeness (QED) is 0.276. The van der Waals surface area contributed by atoms with Crippen LogP contribution in [0, 0.1) is 5.92 Å². The van der Waals surface area contributed by atoms with Crippen molar-refractivity contribution in [2.45, 2.75) is 68.5 Å². The van der Waals surface area contributed by atoms with Gasteiger partial charge in [0.15, 0.2) is 23.6 Å². The van der Waals surface area contributed by atoms with Gasteiger partial charge in [-0.3, -0.25) is 14.4 Å². The van der Waals surface area contributed by atoms with Gasteiger partial charge >= 0.3 is 0 Å². The van der Waals surface area contributed by atoms with E-state index in [9.17, 15) is 39.9 Å². The number of allylic oxidation sites excluding steroid dienone is 1. The largest absolute Gasteiger partial charge is 0.507 e. The SMILES string of the molecule is COc1cccc2c1C(=O)C1=C(C2=O)C(O)=C2CC(O)(C(=O)CO)CC(OC3CC(N)C(O)C(C)O3)C2C1O. The fraction of sp³-hybridized carbons (Fsp3) is 0.519. The molecule has 1 heterocycles. The topological polar surface area (TPSA) is 206 Å². The number of fused-ring (bicyclic) bond motifs is 2. The molecular weight excluding hydrogens is 514 g/mol. The van der Waals surface area contributed by atoms with E-state index in [1.807, 2.05) is 0 Å². The minimum absolute atomic E-state index is 0.0293. The monoisotopic (exact) mass is 545 g/mol. The van der Waals surface area contributed by atoms with Crippen molar-refractivity contribution in [3.63, 3.8) is 0 Å². The maximum Gasteiger partial charge on any atom is 0.198 e. The van der Waals surface area contributed by atoms with Crippen molar-refractivity contribution >= 4 is 17.3 Å². The fourth-order valence-electron chi connectivity index (χ4n) is 6.17. The Bertz CT molecular complexity index is 1290. The Hall–Kier alpha value is -2.97. The Morgan fingerprint density at radius 2 is 1.95 bits per heavy atom. The number of nitrogens with two attached hydrogens (primary N) is 1. The van der Waals surface area contributed by atoms with Gasteiger partial charge in [0.2, 0.25) is 0 Å². The summed E-state index contributed by atoms with van der Waals surface area (Å²) in [4.78, 5) is 39.8. The summed E-state index contributed by atoms with van der Waals surface area (Å²) >= 11 is 0. The minimum atomic E-state index is -2.21. The summed E-state index contributed by atoms with van der Waals surface area (Å²) in [5.74, 6) is -4.08. The van der Waals surface area contributed by atoms with E-state index < -0.39 is 96.4 Å². The lowest BCUT2D eigenvalue weighted by Crippen LogP contribution is -2.58. The third-order valence-electron chi connectivity index (χ3n) is 8.20. The van der Waals surface area contributed by atoms with Crippen LogP contribution in [0.2, 0.25) is 0 Å². The fourth-order valence-corrected chi connectivity index (χ4v) is 6.17. The van der Waals surface area contributed by atoms with Crippen molar-refractivity contribution in [1.82, 2.24) is 0 Å². The van der Waals surface area contributed by atoms with E-state index in [1.165, 1.54) is 25.3 Å². The number of ketones is 3. The van der Waals surface area contributed by atoms with E-state index in [1.54, 1.807) is 6.92 Å². The van der Waals surface area contributed by atoms with Gasteiger partial charge in [0.1, 0.15) is 23.7 Å². The number of rotatable bonds is 5. The van der Waals surface area contributed by atoms with Gasteiger partial charge in [-0.2, -0.15) is 0 Å². The van der Waals surface area contributed by atoms with E-state index in [0.29, 0.717) is 0 Å². The highest BCUT2D eigenvalue weighted by atomic mass is 16.7. The molecule has 2 fully saturated rings. The molecule has 8 atom stereocenters. The lowest BCUT2D eigenvalue weighted by molar-refractivity contribution is -0.255. The van der Waals surface area contributed by atoms with Crippen molar-refractivity contribution in [2.24, 2.45) is 11.7 Å². The first kappa shape index (κ1) is 27.6. The van der Waals surface area contributed by atoms with Crippen LogP contribution < -0.4 is 10.5 Å². The van der Waals surface area contributed by atoms with Crippen molar-refractivity contribution in [3.8, 4) is 5.75 Å². The second-order valence-electron chi connectivity index (χ2n) is 10.5. The molecule has 0 aromatic heterocycles. The zero-order valence-electron chi connectivity index (χ0n) is 21.4. The highest BCUT2D eigenvalue weighted by molar-refractivity contribution is 6.30. The number of aliphatic hydroxyl groups excluding tert-OH is 4. The van der Waals surface area contributed by atoms with Crippen LogP contribution in [0.3, 0.4) is 0 Å². The van der Waals surface area contributed by atoms with Crippen LogP contribution in [-0.4, -0.2) is 98.9 Å². The molecule has 8 unspecified atom stereocenters. The van der Waals surface area contributed by atoms with E-state index in [2.05, 4.69) is 0 Å². The van der Waals surface area contributed by atoms with Crippen LogP contribution >= 0.6 is 0 Å². The Morgan fingerprint density at radius 1 is 1.23 bits per heavy atom. The Morgan fingerprint density at radius 3 is 2.59 bits per heavy atom. The smallest absolute Gasteiger partial charge is 0.198 e. The van der Waals surface area contributed by atoms with E-state index >= 15 is 0 Å². The maximum absolute atomic E-state index is 13.7. The average Bonchev–Trinajstić information content (AvgIpc) is 2.90. The molecule has 12 heteroatoms. The van der Waals surface area contributed by atoms with Crippen LogP contribution in [0.25, 0.3) is 0 Å². The Labute approximate surface area is 223 Å². The van der Waals surface area contributed by atoms with Gasteiger partial charge in [0.25, 0.3) is 0 Å². The van der Waals surface area contributed by atoms with Crippen LogP contribution in [0.15, 0.2) is 40.7 Å². The average molecular weight is 546 g/mol. The summed E-state index contributed by atoms with van der Waals surface area (Å²) in [5, 5.41) is 53.9. The number of methoxy groups -OCH3 is 1.